The number of nitrogens with two attached hydrogens (primary N) is 1. The Morgan fingerprint density at radius 1 is 0.870 bits per heavy atom. The summed E-state index contributed by atoms with van der Waals surface area (Å²) in [7, 11) is 0. The molecule has 1 saturated heterocycles. The number of hydrogen-bond acceptors (Lipinski definition) is 3. The minimum atomic E-state index is -0.122. The topological polar surface area (TPSA) is 63.4 Å². The highest BCUT2D eigenvalue weighted by Crippen LogP contribution is 2.19. The molecule has 4 nitrogen and oxygen atoms in total. The van der Waals surface area contributed by atoms with Gasteiger partial charge in [-0.3, -0.25) is 9.59 Å². The molecule has 0 atom stereocenters. The van der Waals surface area contributed by atoms with Crippen molar-refractivity contribution in [2.45, 2.75) is 18.9 Å². The van der Waals surface area contributed by atoms with Gasteiger partial charge in [-0.1, -0.05) is 48.5 Å². The van der Waals surface area contributed by atoms with E-state index in [1.165, 1.54) is 0 Å². The fourth-order valence-electron chi connectivity index (χ4n) is 2.89. The average molecular weight is 308 g/mol. The van der Waals surface area contributed by atoms with Crippen molar-refractivity contribution in [3.8, 4) is 0 Å². The van der Waals surface area contributed by atoms with Gasteiger partial charge in [0.2, 0.25) is 0 Å². The van der Waals surface area contributed by atoms with Gasteiger partial charge in [0.05, 0.1) is 5.56 Å². The van der Waals surface area contributed by atoms with E-state index in [-0.39, 0.29) is 17.7 Å². The third-order valence-corrected chi connectivity index (χ3v) is 4.26. The van der Waals surface area contributed by atoms with E-state index in [0.29, 0.717) is 29.8 Å². The highest BCUT2D eigenvalue weighted by Gasteiger charge is 2.25. The molecule has 1 aliphatic rings. The largest absolute Gasteiger partial charge is 0.339 e. The zero-order valence-corrected chi connectivity index (χ0v) is 12.9. The standard InChI is InChI=1S/C19H20N2O2/c20-15-10-12-21(13-11-15)19(23)17-9-5-4-8-16(17)18(22)14-6-2-1-3-7-14/h1-9,15H,10-13,20H2. The smallest absolute Gasteiger partial charge is 0.254 e. The van der Waals surface area contributed by atoms with Gasteiger partial charge in [0, 0.05) is 30.3 Å². The van der Waals surface area contributed by atoms with Crippen molar-refractivity contribution in [2.75, 3.05) is 13.1 Å². The molecule has 3 rings (SSSR count). The molecule has 1 heterocycles. The maximum atomic E-state index is 12.8. The minimum absolute atomic E-state index is 0.0863. The van der Waals surface area contributed by atoms with Gasteiger partial charge in [0.1, 0.15) is 0 Å². The first-order chi connectivity index (χ1) is 11.2. The third-order valence-electron chi connectivity index (χ3n) is 4.26. The third kappa shape index (κ3) is 3.32. The molecule has 0 unspecified atom stereocenters. The molecule has 1 aliphatic heterocycles. The molecule has 0 radical (unpaired) electrons. The van der Waals surface area contributed by atoms with E-state index in [4.69, 9.17) is 5.73 Å². The fourth-order valence-corrected chi connectivity index (χ4v) is 2.89. The van der Waals surface area contributed by atoms with E-state index in [1.54, 1.807) is 41.3 Å². The van der Waals surface area contributed by atoms with E-state index in [0.717, 1.165) is 12.8 Å². The van der Waals surface area contributed by atoms with Crippen LogP contribution in [0, 0.1) is 0 Å². The number of piperidine rings is 1. The van der Waals surface area contributed by atoms with Crippen molar-refractivity contribution >= 4 is 11.7 Å². The van der Waals surface area contributed by atoms with Crippen LogP contribution < -0.4 is 5.73 Å². The highest BCUT2D eigenvalue weighted by molar-refractivity contribution is 6.15. The Morgan fingerprint density at radius 2 is 1.43 bits per heavy atom. The fraction of sp³-hybridized carbons (Fsp3) is 0.263. The summed E-state index contributed by atoms with van der Waals surface area (Å²) in [6.45, 7) is 1.29. The normalized spacial score (nSPS) is 15.4. The lowest BCUT2D eigenvalue weighted by molar-refractivity contribution is 0.0711. The molecule has 0 aromatic heterocycles. The van der Waals surface area contributed by atoms with Crippen LogP contribution in [0.1, 0.15) is 39.1 Å². The number of benzene rings is 2. The lowest BCUT2D eigenvalue weighted by Gasteiger charge is -2.30. The Kier molecular flexibility index (Phi) is 4.53. The van der Waals surface area contributed by atoms with E-state index in [9.17, 15) is 9.59 Å². The van der Waals surface area contributed by atoms with Crippen LogP contribution in [0.15, 0.2) is 54.6 Å². The SMILES string of the molecule is NC1CCN(C(=O)c2ccccc2C(=O)c2ccccc2)CC1. The Balaban J connectivity index is 1.89. The zero-order chi connectivity index (χ0) is 16.2. The molecule has 4 heteroatoms. The van der Waals surface area contributed by atoms with Crippen LogP contribution in [0.2, 0.25) is 0 Å². The van der Waals surface area contributed by atoms with E-state index < -0.39 is 0 Å². The van der Waals surface area contributed by atoms with Gasteiger partial charge >= 0.3 is 0 Å². The number of likely N-dealkylation sites (tertiary alicyclic amines) is 1. The van der Waals surface area contributed by atoms with E-state index >= 15 is 0 Å². The van der Waals surface area contributed by atoms with Crippen LogP contribution in [-0.2, 0) is 0 Å². The van der Waals surface area contributed by atoms with Gasteiger partial charge in [-0.15, -0.1) is 0 Å². The molecule has 1 fully saturated rings. The molecule has 23 heavy (non-hydrogen) atoms. The van der Waals surface area contributed by atoms with Gasteiger partial charge in [-0.05, 0) is 18.9 Å². The first-order valence-corrected chi connectivity index (χ1v) is 7.90. The number of rotatable bonds is 3. The van der Waals surface area contributed by atoms with Gasteiger partial charge < -0.3 is 10.6 Å². The van der Waals surface area contributed by atoms with Crippen LogP contribution in [0.3, 0.4) is 0 Å². The predicted octanol–water partition coefficient (Wildman–Crippen LogP) is 2.48. The van der Waals surface area contributed by atoms with Crippen LogP contribution in [-0.4, -0.2) is 35.7 Å². The molecule has 0 spiro atoms. The number of ketones is 1. The molecule has 2 N–H and O–H groups in total. The van der Waals surface area contributed by atoms with Crippen LogP contribution in [0.5, 0.6) is 0 Å². The summed E-state index contributed by atoms with van der Waals surface area (Å²) in [5.41, 5.74) is 7.42. The Labute approximate surface area is 135 Å². The van der Waals surface area contributed by atoms with Crippen LogP contribution in [0.4, 0.5) is 0 Å². The second-order valence-electron chi connectivity index (χ2n) is 5.87. The summed E-state index contributed by atoms with van der Waals surface area (Å²) in [5, 5.41) is 0. The van der Waals surface area contributed by atoms with Crippen molar-refractivity contribution in [2.24, 2.45) is 5.73 Å². The second-order valence-corrected chi connectivity index (χ2v) is 5.87. The molecule has 2 aromatic carbocycles. The summed E-state index contributed by atoms with van der Waals surface area (Å²) < 4.78 is 0. The van der Waals surface area contributed by atoms with Crippen molar-refractivity contribution in [1.29, 1.82) is 0 Å². The summed E-state index contributed by atoms with van der Waals surface area (Å²) in [6.07, 6.45) is 1.61. The Bertz CT molecular complexity index is 704. The monoisotopic (exact) mass is 308 g/mol. The molecular formula is C19H20N2O2. The first kappa shape index (κ1) is 15.4. The van der Waals surface area contributed by atoms with Gasteiger partial charge in [0.25, 0.3) is 5.91 Å². The minimum Gasteiger partial charge on any atom is -0.339 e. The van der Waals surface area contributed by atoms with Crippen molar-refractivity contribution in [1.82, 2.24) is 4.90 Å². The Morgan fingerprint density at radius 3 is 2.09 bits per heavy atom. The zero-order valence-electron chi connectivity index (χ0n) is 12.9. The maximum absolute atomic E-state index is 12.8. The summed E-state index contributed by atoms with van der Waals surface area (Å²) >= 11 is 0. The van der Waals surface area contributed by atoms with E-state index in [1.807, 2.05) is 18.2 Å². The van der Waals surface area contributed by atoms with Crippen molar-refractivity contribution < 1.29 is 9.59 Å². The molecular weight excluding hydrogens is 288 g/mol. The lowest BCUT2D eigenvalue weighted by atomic mass is 9.96. The number of nitrogens with zero attached hydrogens (tertiary/aromatic N) is 1. The predicted molar refractivity (Wildman–Crippen MR) is 89.4 cm³/mol. The second kappa shape index (κ2) is 6.75. The number of hydrogen-bond donors (Lipinski definition) is 1. The summed E-state index contributed by atoms with van der Waals surface area (Å²) in [4.78, 5) is 27.3. The number of carbonyl (C=O) groups excluding carboxylic acids is 2. The van der Waals surface area contributed by atoms with Gasteiger partial charge in [-0.2, -0.15) is 0 Å². The summed E-state index contributed by atoms with van der Waals surface area (Å²) in [5.74, 6) is -0.208. The van der Waals surface area contributed by atoms with E-state index in [2.05, 4.69) is 0 Å². The average Bonchev–Trinajstić information content (AvgIpc) is 2.62. The molecule has 2 aromatic rings. The summed E-state index contributed by atoms with van der Waals surface area (Å²) in [6, 6.07) is 16.3. The van der Waals surface area contributed by atoms with Crippen molar-refractivity contribution in [3.63, 3.8) is 0 Å². The maximum Gasteiger partial charge on any atom is 0.254 e. The first-order valence-electron chi connectivity index (χ1n) is 7.90. The quantitative estimate of drug-likeness (QED) is 0.886. The molecule has 0 saturated carbocycles. The van der Waals surface area contributed by atoms with Crippen LogP contribution in [0.25, 0.3) is 0 Å². The molecule has 1 amide bonds. The van der Waals surface area contributed by atoms with Crippen LogP contribution >= 0.6 is 0 Å². The molecule has 118 valence electrons. The molecule has 0 bridgehead atoms. The number of amides is 1. The lowest BCUT2D eigenvalue weighted by Crippen LogP contribution is -2.43. The number of carbonyl (C=O) groups is 2. The van der Waals surface area contributed by atoms with Gasteiger partial charge in [-0.25, -0.2) is 0 Å². The Hall–Kier alpha value is -2.46. The van der Waals surface area contributed by atoms with Crippen molar-refractivity contribution in [3.05, 3.63) is 71.3 Å². The highest BCUT2D eigenvalue weighted by atomic mass is 16.2. The van der Waals surface area contributed by atoms with Gasteiger partial charge in [0.15, 0.2) is 5.78 Å². The molecule has 0 aliphatic carbocycles.